The monoisotopic (exact) mass is 227 g/mol. The van der Waals surface area contributed by atoms with Crippen LogP contribution in [0.1, 0.15) is 19.0 Å². The Morgan fingerprint density at radius 2 is 2.31 bits per heavy atom. The summed E-state index contributed by atoms with van der Waals surface area (Å²) in [5.74, 6) is 0.433. The van der Waals surface area contributed by atoms with Gasteiger partial charge < -0.3 is 11.1 Å². The van der Waals surface area contributed by atoms with Crippen LogP contribution >= 0.6 is 0 Å². The van der Waals surface area contributed by atoms with Crippen LogP contribution < -0.4 is 11.1 Å². The molecular formula is C9H17N5O2. The highest BCUT2D eigenvalue weighted by Gasteiger charge is 2.23. The minimum Gasteiger partial charge on any atom is -0.364 e. The van der Waals surface area contributed by atoms with Crippen LogP contribution in [0.15, 0.2) is 0 Å². The van der Waals surface area contributed by atoms with Gasteiger partial charge in [0.2, 0.25) is 5.82 Å². The van der Waals surface area contributed by atoms with Crippen LogP contribution in [0, 0.1) is 17.0 Å². The van der Waals surface area contributed by atoms with Gasteiger partial charge >= 0.3 is 5.69 Å². The molecule has 7 nitrogen and oxygen atoms in total. The van der Waals surface area contributed by atoms with Crippen LogP contribution in [0.3, 0.4) is 0 Å². The van der Waals surface area contributed by atoms with Crippen molar-refractivity contribution < 1.29 is 4.92 Å². The lowest BCUT2D eigenvalue weighted by Crippen LogP contribution is -2.20. The summed E-state index contributed by atoms with van der Waals surface area (Å²) in [5.41, 5.74) is 6.05. The average Bonchev–Trinajstić information content (AvgIpc) is 2.40. The van der Waals surface area contributed by atoms with Crippen molar-refractivity contribution in [1.29, 1.82) is 0 Å². The molecule has 0 fully saturated rings. The number of rotatable bonds is 5. The standard InChI is InChI=1S/C9H17N5O2/c1-6(10)4-5-11-9-8(14(15)16)7(2)12-13(9)3/h6,11H,4-5,10H2,1-3H3. The molecule has 1 heterocycles. The molecule has 1 unspecified atom stereocenters. The molecule has 90 valence electrons. The van der Waals surface area contributed by atoms with Gasteiger partial charge in [-0.3, -0.25) is 10.1 Å². The third-order valence-electron chi connectivity index (χ3n) is 2.27. The summed E-state index contributed by atoms with van der Waals surface area (Å²) in [6.45, 7) is 4.11. The van der Waals surface area contributed by atoms with E-state index in [1.807, 2.05) is 6.92 Å². The van der Waals surface area contributed by atoms with Gasteiger partial charge in [-0.05, 0) is 20.3 Å². The number of anilines is 1. The first-order valence-corrected chi connectivity index (χ1v) is 5.11. The summed E-state index contributed by atoms with van der Waals surface area (Å²) >= 11 is 0. The van der Waals surface area contributed by atoms with Crippen molar-refractivity contribution in [3.05, 3.63) is 15.8 Å². The van der Waals surface area contributed by atoms with E-state index in [0.29, 0.717) is 18.1 Å². The molecule has 0 amide bonds. The Balaban J connectivity index is 2.82. The number of aromatic nitrogens is 2. The van der Waals surface area contributed by atoms with Gasteiger partial charge in [-0.25, -0.2) is 4.68 Å². The van der Waals surface area contributed by atoms with Crippen molar-refractivity contribution in [1.82, 2.24) is 9.78 Å². The molecule has 0 aromatic carbocycles. The number of nitrogens with two attached hydrogens (primary N) is 1. The maximum atomic E-state index is 10.8. The topological polar surface area (TPSA) is 99.0 Å². The first kappa shape index (κ1) is 12.4. The average molecular weight is 227 g/mol. The lowest BCUT2D eigenvalue weighted by molar-refractivity contribution is -0.384. The summed E-state index contributed by atoms with van der Waals surface area (Å²) < 4.78 is 1.48. The van der Waals surface area contributed by atoms with E-state index in [1.54, 1.807) is 14.0 Å². The van der Waals surface area contributed by atoms with Gasteiger partial charge in [-0.2, -0.15) is 5.10 Å². The third kappa shape index (κ3) is 2.69. The molecule has 0 spiro atoms. The zero-order valence-corrected chi connectivity index (χ0v) is 9.73. The quantitative estimate of drug-likeness (QED) is 0.572. The van der Waals surface area contributed by atoms with E-state index in [4.69, 9.17) is 5.73 Å². The molecule has 0 aliphatic rings. The van der Waals surface area contributed by atoms with Crippen LogP contribution in [0.2, 0.25) is 0 Å². The molecule has 7 heteroatoms. The van der Waals surface area contributed by atoms with Crippen LogP contribution in [-0.4, -0.2) is 27.3 Å². The lowest BCUT2D eigenvalue weighted by atomic mass is 10.2. The number of nitrogens with zero attached hydrogens (tertiary/aromatic N) is 3. The largest absolute Gasteiger partial charge is 0.364 e. The maximum Gasteiger partial charge on any atom is 0.333 e. The van der Waals surface area contributed by atoms with E-state index < -0.39 is 4.92 Å². The van der Waals surface area contributed by atoms with Gasteiger partial charge in [0.05, 0.1) is 4.92 Å². The molecule has 1 aromatic rings. The molecular weight excluding hydrogens is 210 g/mol. The maximum absolute atomic E-state index is 10.8. The lowest BCUT2D eigenvalue weighted by Gasteiger charge is -2.07. The minimum atomic E-state index is -0.420. The summed E-state index contributed by atoms with van der Waals surface area (Å²) in [6, 6.07) is 0.0703. The molecule has 0 aliphatic carbocycles. The molecule has 1 aromatic heterocycles. The van der Waals surface area contributed by atoms with Crippen LogP contribution in [0.4, 0.5) is 11.5 Å². The SMILES string of the molecule is Cc1nn(C)c(NCCC(C)N)c1[N+](=O)[O-]. The predicted molar refractivity (Wildman–Crippen MR) is 61.4 cm³/mol. The number of hydrogen-bond acceptors (Lipinski definition) is 5. The van der Waals surface area contributed by atoms with Crippen LogP contribution in [0.5, 0.6) is 0 Å². The Bertz CT molecular complexity index is 385. The van der Waals surface area contributed by atoms with Gasteiger partial charge in [0, 0.05) is 19.6 Å². The molecule has 1 rings (SSSR count). The zero-order valence-electron chi connectivity index (χ0n) is 9.73. The Kier molecular flexibility index (Phi) is 3.83. The fraction of sp³-hybridized carbons (Fsp3) is 0.667. The normalized spacial score (nSPS) is 12.5. The van der Waals surface area contributed by atoms with Crippen molar-refractivity contribution >= 4 is 11.5 Å². The molecule has 3 N–H and O–H groups in total. The van der Waals surface area contributed by atoms with Gasteiger partial charge in [0.1, 0.15) is 5.69 Å². The molecule has 1 atom stereocenters. The second-order valence-electron chi connectivity index (χ2n) is 3.86. The van der Waals surface area contributed by atoms with Gasteiger partial charge in [0.25, 0.3) is 0 Å². The molecule has 0 saturated carbocycles. The zero-order chi connectivity index (χ0) is 12.3. The fourth-order valence-corrected chi connectivity index (χ4v) is 1.48. The molecule has 0 bridgehead atoms. The Morgan fingerprint density at radius 1 is 1.69 bits per heavy atom. The Hall–Kier alpha value is -1.63. The molecule has 0 radical (unpaired) electrons. The summed E-state index contributed by atoms with van der Waals surface area (Å²) in [4.78, 5) is 10.4. The fourth-order valence-electron chi connectivity index (χ4n) is 1.48. The summed E-state index contributed by atoms with van der Waals surface area (Å²) in [7, 11) is 1.67. The van der Waals surface area contributed by atoms with Gasteiger partial charge in [-0.1, -0.05) is 0 Å². The smallest absolute Gasteiger partial charge is 0.333 e. The number of hydrogen-bond donors (Lipinski definition) is 2. The van der Waals surface area contributed by atoms with E-state index in [9.17, 15) is 10.1 Å². The molecule has 16 heavy (non-hydrogen) atoms. The van der Waals surface area contributed by atoms with E-state index in [2.05, 4.69) is 10.4 Å². The minimum absolute atomic E-state index is 0.0344. The number of nitrogens with one attached hydrogen (secondary N) is 1. The van der Waals surface area contributed by atoms with Crippen LogP contribution in [0.25, 0.3) is 0 Å². The summed E-state index contributed by atoms with van der Waals surface area (Å²) in [6.07, 6.45) is 0.751. The van der Waals surface area contributed by atoms with Crippen LogP contribution in [-0.2, 0) is 7.05 Å². The predicted octanol–water partition coefficient (Wildman–Crippen LogP) is 0.786. The van der Waals surface area contributed by atoms with E-state index in [-0.39, 0.29) is 11.7 Å². The Morgan fingerprint density at radius 3 is 2.81 bits per heavy atom. The second-order valence-corrected chi connectivity index (χ2v) is 3.86. The van der Waals surface area contributed by atoms with Crippen molar-refractivity contribution in [3.8, 4) is 0 Å². The first-order chi connectivity index (χ1) is 7.43. The van der Waals surface area contributed by atoms with Crippen molar-refractivity contribution in [2.45, 2.75) is 26.3 Å². The number of nitro groups is 1. The highest BCUT2D eigenvalue weighted by Crippen LogP contribution is 2.26. The highest BCUT2D eigenvalue weighted by atomic mass is 16.6. The first-order valence-electron chi connectivity index (χ1n) is 5.11. The van der Waals surface area contributed by atoms with Crippen molar-refractivity contribution in [2.24, 2.45) is 12.8 Å². The van der Waals surface area contributed by atoms with Crippen molar-refractivity contribution in [3.63, 3.8) is 0 Å². The third-order valence-corrected chi connectivity index (χ3v) is 2.27. The molecule has 0 saturated heterocycles. The van der Waals surface area contributed by atoms with Crippen molar-refractivity contribution in [2.75, 3.05) is 11.9 Å². The number of aryl methyl sites for hydroxylation is 2. The highest BCUT2D eigenvalue weighted by molar-refractivity contribution is 5.59. The Labute approximate surface area is 93.8 Å². The van der Waals surface area contributed by atoms with E-state index in [1.165, 1.54) is 4.68 Å². The van der Waals surface area contributed by atoms with E-state index in [0.717, 1.165) is 6.42 Å². The second kappa shape index (κ2) is 4.93. The molecule has 0 aliphatic heterocycles. The van der Waals surface area contributed by atoms with Gasteiger partial charge in [-0.15, -0.1) is 0 Å². The van der Waals surface area contributed by atoms with E-state index >= 15 is 0 Å². The summed E-state index contributed by atoms with van der Waals surface area (Å²) in [5, 5.41) is 17.8. The van der Waals surface area contributed by atoms with Gasteiger partial charge in [0.15, 0.2) is 0 Å².